The number of carbonyl (C=O) groups is 1. The third-order valence-corrected chi connectivity index (χ3v) is 5.97. The summed E-state index contributed by atoms with van der Waals surface area (Å²) >= 11 is 0. The molecule has 8 nitrogen and oxygen atoms in total. The van der Waals surface area contributed by atoms with Crippen LogP contribution in [0.15, 0.2) is 47.1 Å². The number of piperidine rings is 1. The van der Waals surface area contributed by atoms with Crippen molar-refractivity contribution in [2.75, 3.05) is 34.8 Å². The summed E-state index contributed by atoms with van der Waals surface area (Å²) in [6.07, 6.45) is 7.37. The zero-order valence-electron chi connectivity index (χ0n) is 17.6. The molecule has 0 aliphatic carbocycles. The fourth-order valence-electron chi connectivity index (χ4n) is 4.20. The van der Waals surface area contributed by atoms with Crippen LogP contribution >= 0.6 is 0 Å². The van der Waals surface area contributed by atoms with E-state index in [0.717, 1.165) is 43.1 Å². The van der Waals surface area contributed by atoms with E-state index < -0.39 is 0 Å². The van der Waals surface area contributed by atoms with Gasteiger partial charge in [-0.2, -0.15) is 4.98 Å². The minimum absolute atomic E-state index is 0.201. The number of nitrogens with zero attached hydrogens (tertiary/aromatic N) is 5. The molecule has 2 aliphatic heterocycles. The van der Waals surface area contributed by atoms with Crippen LogP contribution in [-0.4, -0.2) is 46.4 Å². The highest BCUT2D eigenvalue weighted by Crippen LogP contribution is 2.30. The van der Waals surface area contributed by atoms with Gasteiger partial charge in [0.25, 0.3) is 6.01 Å². The summed E-state index contributed by atoms with van der Waals surface area (Å²) in [7, 11) is 0. The van der Waals surface area contributed by atoms with E-state index in [1.54, 1.807) is 12.4 Å². The van der Waals surface area contributed by atoms with Crippen LogP contribution in [0.5, 0.6) is 0 Å². The second kappa shape index (κ2) is 8.37. The normalized spacial score (nSPS) is 19.1. The molecule has 160 valence electrons. The Balaban J connectivity index is 1.34. The first kappa shape index (κ1) is 19.5. The molecule has 1 unspecified atom stereocenters. The Labute approximate surface area is 181 Å². The second-order valence-corrected chi connectivity index (χ2v) is 8.08. The number of rotatable bonds is 5. The van der Waals surface area contributed by atoms with E-state index in [1.807, 2.05) is 42.2 Å². The van der Waals surface area contributed by atoms with E-state index in [0.29, 0.717) is 24.1 Å². The number of ketones is 1. The van der Waals surface area contributed by atoms with Crippen LogP contribution in [0.3, 0.4) is 0 Å². The largest absolute Gasteiger partial charge is 0.423 e. The third kappa shape index (κ3) is 4.10. The molecule has 5 rings (SSSR count). The Bertz CT molecular complexity index is 1080. The molecule has 1 aromatic carbocycles. The first-order chi connectivity index (χ1) is 15.2. The van der Waals surface area contributed by atoms with E-state index in [2.05, 4.69) is 25.2 Å². The molecule has 2 aromatic heterocycles. The van der Waals surface area contributed by atoms with Gasteiger partial charge in [-0.05, 0) is 44.4 Å². The van der Waals surface area contributed by atoms with Gasteiger partial charge in [0.2, 0.25) is 5.95 Å². The van der Waals surface area contributed by atoms with Gasteiger partial charge in [0, 0.05) is 43.5 Å². The van der Waals surface area contributed by atoms with Gasteiger partial charge in [0.1, 0.15) is 5.82 Å². The molecular formula is C23H26N6O2. The van der Waals surface area contributed by atoms with Gasteiger partial charge in [-0.25, -0.2) is 9.97 Å². The molecular weight excluding hydrogens is 392 g/mol. The number of aromatic nitrogens is 3. The number of oxazole rings is 1. The van der Waals surface area contributed by atoms with Crippen LogP contribution in [0.4, 0.5) is 23.5 Å². The van der Waals surface area contributed by atoms with Gasteiger partial charge >= 0.3 is 0 Å². The maximum Gasteiger partial charge on any atom is 0.298 e. The summed E-state index contributed by atoms with van der Waals surface area (Å²) in [5, 5.41) is 3.29. The van der Waals surface area contributed by atoms with Gasteiger partial charge < -0.3 is 19.5 Å². The Kier molecular flexibility index (Phi) is 5.28. The standard InChI is InChI=1S/C23H26N6O2/c1-16-19(30)8-5-13-29(16)23-25-15-20(31-23)17-6-4-7-18(14-17)26-22-24-10-9-21(27-22)28-11-2-3-12-28/h4,6-7,9-10,14-16H,2-3,5,8,11-13H2,1H3,(H,24,26,27). The lowest BCUT2D eigenvalue weighted by atomic mass is 10.0. The van der Waals surface area contributed by atoms with Crippen molar-refractivity contribution in [3.8, 4) is 11.3 Å². The quantitative estimate of drug-likeness (QED) is 0.664. The van der Waals surface area contributed by atoms with Gasteiger partial charge in [0.15, 0.2) is 11.5 Å². The van der Waals surface area contributed by atoms with E-state index in [1.165, 1.54) is 12.8 Å². The number of carbonyl (C=O) groups excluding carboxylic acids is 1. The van der Waals surface area contributed by atoms with Crippen molar-refractivity contribution in [2.24, 2.45) is 0 Å². The molecule has 0 bridgehead atoms. The van der Waals surface area contributed by atoms with Crippen molar-refractivity contribution >= 4 is 29.3 Å². The Hall–Kier alpha value is -3.42. The smallest absolute Gasteiger partial charge is 0.298 e. The number of anilines is 4. The Morgan fingerprint density at radius 1 is 1.10 bits per heavy atom. The van der Waals surface area contributed by atoms with Gasteiger partial charge in [-0.1, -0.05) is 12.1 Å². The van der Waals surface area contributed by atoms with E-state index >= 15 is 0 Å². The van der Waals surface area contributed by atoms with Crippen LogP contribution in [0.2, 0.25) is 0 Å². The summed E-state index contributed by atoms with van der Waals surface area (Å²) in [4.78, 5) is 29.7. The van der Waals surface area contributed by atoms with Crippen molar-refractivity contribution < 1.29 is 9.21 Å². The fraction of sp³-hybridized carbons (Fsp3) is 0.391. The maximum atomic E-state index is 12.0. The molecule has 4 heterocycles. The summed E-state index contributed by atoms with van der Waals surface area (Å²) < 4.78 is 6.02. The summed E-state index contributed by atoms with van der Waals surface area (Å²) in [6.45, 7) is 4.77. The summed E-state index contributed by atoms with van der Waals surface area (Å²) in [6, 6.07) is 10.1. The number of hydrogen-bond acceptors (Lipinski definition) is 8. The number of Topliss-reactive ketones (excluding diaryl/α,β-unsaturated/α-hetero) is 1. The SMILES string of the molecule is CC1C(=O)CCCN1c1ncc(-c2cccc(Nc3nccc(N4CCCC4)n3)c2)o1. The van der Waals surface area contributed by atoms with E-state index in [9.17, 15) is 4.79 Å². The molecule has 1 N–H and O–H groups in total. The highest BCUT2D eigenvalue weighted by Gasteiger charge is 2.28. The van der Waals surface area contributed by atoms with Crippen LogP contribution in [0, 0.1) is 0 Å². The Morgan fingerprint density at radius 2 is 1.97 bits per heavy atom. The monoisotopic (exact) mass is 418 g/mol. The average molecular weight is 419 g/mol. The first-order valence-corrected chi connectivity index (χ1v) is 10.9. The topological polar surface area (TPSA) is 87.4 Å². The van der Waals surface area contributed by atoms with Crippen molar-refractivity contribution in [2.45, 2.75) is 38.6 Å². The molecule has 0 spiro atoms. The maximum absolute atomic E-state index is 12.0. The van der Waals surface area contributed by atoms with Gasteiger partial charge in [-0.3, -0.25) is 4.79 Å². The van der Waals surface area contributed by atoms with Crippen LogP contribution in [0.1, 0.15) is 32.6 Å². The van der Waals surface area contributed by atoms with Crippen LogP contribution < -0.4 is 15.1 Å². The second-order valence-electron chi connectivity index (χ2n) is 8.08. The molecule has 3 aromatic rings. The van der Waals surface area contributed by atoms with Gasteiger partial charge in [-0.15, -0.1) is 0 Å². The molecule has 0 amide bonds. The lowest BCUT2D eigenvalue weighted by molar-refractivity contribution is -0.121. The number of hydrogen-bond donors (Lipinski definition) is 1. The van der Waals surface area contributed by atoms with Crippen molar-refractivity contribution in [1.82, 2.24) is 15.0 Å². The highest BCUT2D eigenvalue weighted by atomic mass is 16.4. The van der Waals surface area contributed by atoms with Crippen LogP contribution in [0.25, 0.3) is 11.3 Å². The predicted octanol–water partition coefficient (Wildman–Crippen LogP) is 4.03. The molecule has 0 radical (unpaired) electrons. The van der Waals surface area contributed by atoms with Crippen LogP contribution in [-0.2, 0) is 4.79 Å². The predicted molar refractivity (Wildman–Crippen MR) is 120 cm³/mol. The molecule has 8 heteroatoms. The van der Waals surface area contributed by atoms with E-state index in [-0.39, 0.29) is 11.8 Å². The minimum atomic E-state index is -0.201. The lowest BCUT2D eigenvalue weighted by Crippen LogP contribution is -2.44. The lowest BCUT2D eigenvalue weighted by Gasteiger charge is -2.30. The zero-order chi connectivity index (χ0) is 21.2. The zero-order valence-corrected chi connectivity index (χ0v) is 17.6. The molecule has 31 heavy (non-hydrogen) atoms. The summed E-state index contributed by atoms with van der Waals surface area (Å²) in [5.41, 5.74) is 1.77. The van der Waals surface area contributed by atoms with Crippen molar-refractivity contribution in [3.63, 3.8) is 0 Å². The molecule has 0 saturated carbocycles. The van der Waals surface area contributed by atoms with Crippen molar-refractivity contribution in [1.29, 1.82) is 0 Å². The van der Waals surface area contributed by atoms with E-state index in [4.69, 9.17) is 4.42 Å². The van der Waals surface area contributed by atoms with Crippen molar-refractivity contribution in [3.05, 3.63) is 42.7 Å². The number of nitrogens with one attached hydrogen (secondary N) is 1. The Morgan fingerprint density at radius 3 is 2.84 bits per heavy atom. The number of benzene rings is 1. The first-order valence-electron chi connectivity index (χ1n) is 10.9. The molecule has 2 aliphatic rings. The molecule has 2 saturated heterocycles. The molecule has 2 fully saturated rings. The molecule has 1 atom stereocenters. The minimum Gasteiger partial charge on any atom is -0.423 e. The highest BCUT2D eigenvalue weighted by molar-refractivity contribution is 5.87. The average Bonchev–Trinajstić information content (AvgIpc) is 3.49. The third-order valence-electron chi connectivity index (χ3n) is 5.97. The fourth-order valence-corrected chi connectivity index (χ4v) is 4.20. The van der Waals surface area contributed by atoms with Gasteiger partial charge in [0.05, 0.1) is 12.2 Å². The summed E-state index contributed by atoms with van der Waals surface area (Å²) in [5.74, 6) is 2.42.